The van der Waals surface area contributed by atoms with Crippen molar-refractivity contribution in [2.24, 2.45) is 0 Å². The second-order valence-electron chi connectivity index (χ2n) is 6.66. The molecule has 0 aliphatic heterocycles. The Balaban J connectivity index is 1.63. The van der Waals surface area contributed by atoms with Crippen LogP contribution in [0, 0.1) is 0 Å². The van der Waals surface area contributed by atoms with Gasteiger partial charge < -0.3 is 5.32 Å². The number of benzene rings is 2. The number of nitrogens with zero attached hydrogens (tertiary/aromatic N) is 2. The van der Waals surface area contributed by atoms with Crippen molar-refractivity contribution < 1.29 is 13.2 Å². The number of hydrogen-bond donors (Lipinski definition) is 1. The number of carbonyl (C=O) groups is 1. The smallest absolute Gasteiger partial charge is 0.243 e. The fraction of sp³-hybridized carbons (Fsp3) is 0.273. The number of anilines is 1. The Bertz CT molecular complexity index is 1090. The quantitative estimate of drug-likeness (QED) is 0.611. The minimum Gasteiger partial charge on any atom is -0.324 e. The number of pyridine rings is 1. The first kappa shape index (κ1) is 21.0. The SMILES string of the molecule is CCN(CC)S(=O)(=O)c1ccc(CCC(=O)Nc2cccc3cccnc23)cc1. The lowest BCUT2D eigenvalue weighted by atomic mass is 10.1. The maximum Gasteiger partial charge on any atom is 0.243 e. The van der Waals surface area contributed by atoms with Crippen molar-refractivity contribution in [3.8, 4) is 0 Å². The van der Waals surface area contributed by atoms with Gasteiger partial charge in [0.2, 0.25) is 15.9 Å². The molecule has 0 atom stereocenters. The molecule has 0 fully saturated rings. The van der Waals surface area contributed by atoms with Crippen molar-refractivity contribution >= 4 is 32.5 Å². The normalized spacial score (nSPS) is 11.7. The van der Waals surface area contributed by atoms with Gasteiger partial charge in [-0.3, -0.25) is 9.78 Å². The lowest BCUT2D eigenvalue weighted by molar-refractivity contribution is -0.116. The lowest BCUT2D eigenvalue weighted by Gasteiger charge is -2.18. The molecule has 1 heterocycles. The van der Waals surface area contributed by atoms with Crippen molar-refractivity contribution in [2.75, 3.05) is 18.4 Å². The molecular formula is C22H25N3O3S. The summed E-state index contributed by atoms with van der Waals surface area (Å²) >= 11 is 0. The number of rotatable bonds is 8. The van der Waals surface area contributed by atoms with E-state index < -0.39 is 10.0 Å². The van der Waals surface area contributed by atoms with E-state index in [9.17, 15) is 13.2 Å². The Kier molecular flexibility index (Phi) is 6.61. The molecule has 0 bridgehead atoms. The Hall–Kier alpha value is -2.77. The molecule has 152 valence electrons. The van der Waals surface area contributed by atoms with Crippen molar-refractivity contribution in [3.63, 3.8) is 0 Å². The fourth-order valence-electron chi connectivity index (χ4n) is 3.22. The molecule has 0 spiro atoms. The van der Waals surface area contributed by atoms with Crippen LogP contribution in [0.15, 0.2) is 65.7 Å². The molecule has 0 saturated carbocycles. The summed E-state index contributed by atoms with van der Waals surface area (Å²) in [6, 6.07) is 16.2. The Labute approximate surface area is 171 Å². The van der Waals surface area contributed by atoms with E-state index in [1.54, 1.807) is 30.5 Å². The molecule has 2 aromatic carbocycles. The average molecular weight is 412 g/mol. The van der Waals surface area contributed by atoms with Crippen LogP contribution in [0.5, 0.6) is 0 Å². The van der Waals surface area contributed by atoms with Crippen molar-refractivity contribution in [1.29, 1.82) is 0 Å². The van der Waals surface area contributed by atoms with Crippen LogP contribution in [0.25, 0.3) is 10.9 Å². The third-order valence-electron chi connectivity index (χ3n) is 4.81. The summed E-state index contributed by atoms with van der Waals surface area (Å²) in [6.07, 6.45) is 2.52. The highest BCUT2D eigenvalue weighted by atomic mass is 32.2. The van der Waals surface area contributed by atoms with Crippen LogP contribution in [0.4, 0.5) is 5.69 Å². The van der Waals surface area contributed by atoms with Gasteiger partial charge in [-0.25, -0.2) is 8.42 Å². The molecule has 0 aliphatic carbocycles. The van der Waals surface area contributed by atoms with E-state index in [1.807, 2.05) is 44.2 Å². The number of carbonyl (C=O) groups excluding carboxylic acids is 1. The van der Waals surface area contributed by atoms with Crippen molar-refractivity contribution in [1.82, 2.24) is 9.29 Å². The minimum absolute atomic E-state index is 0.108. The number of sulfonamides is 1. The standard InChI is InChI=1S/C22H25N3O3S/c1-3-25(4-2)29(27,28)19-13-10-17(11-14-19)12-15-21(26)24-20-9-5-7-18-8-6-16-23-22(18)20/h5-11,13-14,16H,3-4,12,15H2,1-2H3,(H,24,26). The number of fused-ring (bicyclic) bond motifs is 1. The second-order valence-corrected chi connectivity index (χ2v) is 8.60. The highest BCUT2D eigenvalue weighted by Crippen LogP contribution is 2.21. The summed E-state index contributed by atoms with van der Waals surface area (Å²) in [7, 11) is -3.46. The molecule has 1 N–H and O–H groups in total. The summed E-state index contributed by atoms with van der Waals surface area (Å²) < 4.78 is 26.5. The Morgan fingerprint density at radius 2 is 1.69 bits per heavy atom. The van der Waals surface area contributed by atoms with E-state index in [0.29, 0.717) is 31.6 Å². The molecule has 7 heteroatoms. The first-order valence-corrected chi connectivity index (χ1v) is 11.1. The van der Waals surface area contributed by atoms with Crippen molar-refractivity contribution in [2.45, 2.75) is 31.6 Å². The van der Waals surface area contributed by atoms with Gasteiger partial charge in [0.15, 0.2) is 0 Å². The molecule has 0 unspecified atom stereocenters. The van der Waals surface area contributed by atoms with Crippen LogP contribution in [-0.2, 0) is 21.2 Å². The number of amides is 1. The maximum absolute atomic E-state index is 12.5. The molecule has 1 amide bonds. The number of aryl methyl sites for hydroxylation is 1. The monoisotopic (exact) mass is 411 g/mol. The Morgan fingerprint density at radius 3 is 2.38 bits per heavy atom. The summed E-state index contributed by atoms with van der Waals surface area (Å²) in [6.45, 7) is 4.51. The zero-order valence-corrected chi connectivity index (χ0v) is 17.4. The first-order valence-electron chi connectivity index (χ1n) is 9.68. The fourth-order valence-corrected chi connectivity index (χ4v) is 4.67. The third kappa shape index (κ3) is 4.81. The van der Waals surface area contributed by atoms with Crippen LogP contribution in [0.3, 0.4) is 0 Å². The van der Waals surface area contributed by atoms with Crippen molar-refractivity contribution in [3.05, 3.63) is 66.4 Å². The lowest BCUT2D eigenvalue weighted by Crippen LogP contribution is -2.30. The summed E-state index contributed by atoms with van der Waals surface area (Å²) in [5.41, 5.74) is 2.36. The molecule has 0 saturated heterocycles. The molecule has 0 radical (unpaired) electrons. The van der Waals surface area contributed by atoms with Gasteiger partial charge in [0, 0.05) is 31.1 Å². The summed E-state index contributed by atoms with van der Waals surface area (Å²) in [4.78, 5) is 17.0. The van der Waals surface area contributed by atoms with E-state index in [0.717, 1.165) is 16.5 Å². The molecular weight excluding hydrogens is 386 g/mol. The number of nitrogens with one attached hydrogen (secondary N) is 1. The molecule has 6 nitrogen and oxygen atoms in total. The van der Waals surface area contributed by atoms with Gasteiger partial charge in [-0.15, -0.1) is 0 Å². The van der Waals surface area contributed by atoms with Crippen LogP contribution in [0.1, 0.15) is 25.8 Å². The van der Waals surface area contributed by atoms with Gasteiger partial charge in [-0.05, 0) is 36.2 Å². The molecule has 29 heavy (non-hydrogen) atoms. The van der Waals surface area contributed by atoms with Crippen LogP contribution >= 0.6 is 0 Å². The molecule has 3 rings (SSSR count). The maximum atomic E-state index is 12.5. The van der Waals surface area contributed by atoms with E-state index in [2.05, 4.69) is 10.3 Å². The minimum atomic E-state index is -3.46. The van der Waals surface area contributed by atoms with Crippen LogP contribution in [-0.4, -0.2) is 36.7 Å². The van der Waals surface area contributed by atoms with Crippen LogP contribution < -0.4 is 5.32 Å². The number of para-hydroxylation sites is 1. The van der Waals surface area contributed by atoms with Crippen LogP contribution in [0.2, 0.25) is 0 Å². The van der Waals surface area contributed by atoms with E-state index >= 15 is 0 Å². The van der Waals surface area contributed by atoms with Gasteiger partial charge in [0.1, 0.15) is 0 Å². The third-order valence-corrected chi connectivity index (χ3v) is 6.88. The highest BCUT2D eigenvalue weighted by molar-refractivity contribution is 7.89. The van der Waals surface area contributed by atoms with E-state index in [1.165, 1.54) is 4.31 Å². The van der Waals surface area contributed by atoms with Gasteiger partial charge in [0.25, 0.3) is 0 Å². The summed E-state index contributed by atoms with van der Waals surface area (Å²) in [5, 5.41) is 3.88. The average Bonchev–Trinajstić information content (AvgIpc) is 2.73. The van der Waals surface area contributed by atoms with Gasteiger partial charge in [-0.2, -0.15) is 4.31 Å². The predicted molar refractivity (Wildman–Crippen MR) is 115 cm³/mol. The zero-order valence-electron chi connectivity index (χ0n) is 16.6. The molecule has 0 aliphatic rings. The summed E-state index contributed by atoms with van der Waals surface area (Å²) in [5.74, 6) is -0.108. The van der Waals surface area contributed by atoms with E-state index in [4.69, 9.17) is 0 Å². The predicted octanol–water partition coefficient (Wildman–Crippen LogP) is 3.84. The van der Waals surface area contributed by atoms with Gasteiger partial charge in [-0.1, -0.05) is 44.2 Å². The molecule has 3 aromatic rings. The first-order chi connectivity index (χ1) is 14.0. The molecule has 1 aromatic heterocycles. The topological polar surface area (TPSA) is 79.4 Å². The largest absolute Gasteiger partial charge is 0.324 e. The number of hydrogen-bond acceptors (Lipinski definition) is 4. The zero-order chi connectivity index (χ0) is 20.9. The highest BCUT2D eigenvalue weighted by Gasteiger charge is 2.21. The second kappa shape index (κ2) is 9.15. The van der Waals surface area contributed by atoms with Gasteiger partial charge >= 0.3 is 0 Å². The number of aromatic nitrogens is 1. The Morgan fingerprint density at radius 1 is 1.00 bits per heavy atom. The van der Waals surface area contributed by atoms with Gasteiger partial charge in [0.05, 0.1) is 16.1 Å². The van der Waals surface area contributed by atoms with E-state index in [-0.39, 0.29) is 10.8 Å².